The number of nitrogens with zero attached hydrogens (tertiary/aromatic N) is 1. The van der Waals surface area contributed by atoms with E-state index >= 15 is 0 Å². The highest BCUT2D eigenvalue weighted by Gasteiger charge is 2.29. The monoisotopic (exact) mass is 264 g/mol. The van der Waals surface area contributed by atoms with Crippen molar-refractivity contribution in [3.8, 4) is 0 Å². The van der Waals surface area contributed by atoms with Gasteiger partial charge in [0.05, 0.1) is 0 Å². The van der Waals surface area contributed by atoms with Crippen LogP contribution in [0.5, 0.6) is 0 Å². The fourth-order valence-corrected chi connectivity index (χ4v) is 2.96. The summed E-state index contributed by atoms with van der Waals surface area (Å²) in [7, 11) is 0. The Morgan fingerprint density at radius 1 is 1.32 bits per heavy atom. The Hall–Kier alpha value is -0.930. The lowest BCUT2D eigenvalue weighted by Crippen LogP contribution is -2.59. The van der Waals surface area contributed by atoms with Crippen LogP contribution in [0.2, 0.25) is 0 Å². The summed E-state index contributed by atoms with van der Waals surface area (Å²) < 4.78 is 12.7. The third kappa shape index (κ3) is 4.02. The smallest absolute Gasteiger partial charge is 0.102 e. The van der Waals surface area contributed by atoms with Gasteiger partial charge in [-0.25, -0.2) is 4.39 Å². The summed E-state index contributed by atoms with van der Waals surface area (Å²) in [6.45, 7) is 6.66. The predicted octanol–water partition coefficient (Wildman–Crippen LogP) is 2.50. The van der Waals surface area contributed by atoms with Crippen molar-refractivity contribution in [3.63, 3.8) is 0 Å². The lowest BCUT2D eigenvalue weighted by atomic mass is 9.96. The van der Waals surface area contributed by atoms with Gasteiger partial charge >= 0.3 is 0 Å². The third-order valence-electron chi connectivity index (χ3n) is 4.01. The molecule has 1 aliphatic heterocycles. The van der Waals surface area contributed by atoms with Gasteiger partial charge in [0.25, 0.3) is 0 Å². The number of benzene rings is 1. The zero-order valence-electron chi connectivity index (χ0n) is 12.0. The number of rotatable bonds is 5. The van der Waals surface area contributed by atoms with Gasteiger partial charge in [-0.05, 0) is 17.9 Å². The quantitative estimate of drug-likeness (QED) is 0.879. The fraction of sp³-hybridized carbons (Fsp3) is 0.625. The van der Waals surface area contributed by atoms with E-state index in [0.29, 0.717) is 24.5 Å². The van der Waals surface area contributed by atoms with E-state index in [2.05, 4.69) is 48.3 Å². The Kier molecular flexibility index (Phi) is 5.34. The molecule has 19 heavy (non-hydrogen) atoms. The molecule has 2 rings (SSSR count). The Morgan fingerprint density at radius 3 is 2.68 bits per heavy atom. The summed E-state index contributed by atoms with van der Waals surface area (Å²) >= 11 is 0. The molecule has 0 radical (unpaired) electrons. The Labute approximate surface area is 116 Å². The zero-order chi connectivity index (χ0) is 13.7. The molecular formula is C16H25FN2. The predicted molar refractivity (Wildman–Crippen MR) is 78.1 cm³/mol. The van der Waals surface area contributed by atoms with Crippen LogP contribution in [0.25, 0.3) is 0 Å². The summed E-state index contributed by atoms with van der Waals surface area (Å²) in [4.78, 5) is 2.31. The van der Waals surface area contributed by atoms with E-state index in [1.165, 1.54) is 5.56 Å². The van der Waals surface area contributed by atoms with Gasteiger partial charge in [0.2, 0.25) is 0 Å². The topological polar surface area (TPSA) is 15.3 Å². The van der Waals surface area contributed by atoms with Gasteiger partial charge in [0.1, 0.15) is 6.67 Å². The fourth-order valence-electron chi connectivity index (χ4n) is 2.96. The summed E-state index contributed by atoms with van der Waals surface area (Å²) in [5.41, 5.74) is 1.35. The second-order valence-electron chi connectivity index (χ2n) is 5.79. The second kappa shape index (κ2) is 7.01. The van der Waals surface area contributed by atoms with E-state index < -0.39 is 0 Å². The molecule has 1 aromatic carbocycles. The molecule has 1 aliphatic rings. The average Bonchev–Trinajstić information content (AvgIpc) is 2.40. The molecule has 0 spiro atoms. The minimum atomic E-state index is -0.249. The van der Waals surface area contributed by atoms with E-state index in [4.69, 9.17) is 0 Å². The Morgan fingerprint density at radius 2 is 2.05 bits per heavy atom. The maximum absolute atomic E-state index is 12.7. The molecule has 1 fully saturated rings. The molecule has 0 amide bonds. The summed E-state index contributed by atoms with van der Waals surface area (Å²) in [5, 5.41) is 3.62. The summed E-state index contributed by atoms with van der Waals surface area (Å²) in [5.74, 6) is 0.566. The first-order valence-corrected chi connectivity index (χ1v) is 7.28. The minimum Gasteiger partial charge on any atom is -0.311 e. The van der Waals surface area contributed by atoms with Crippen LogP contribution >= 0.6 is 0 Å². The number of halogens is 1. The van der Waals surface area contributed by atoms with Gasteiger partial charge in [-0.15, -0.1) is 0 Å². The van der Waals surface area contributed by atoms with E-state index in [0.717, 1.165) is 19.5 Å². The number of hydrogen-bond donors (Lipinski definition) is 1. The van der Waals surface area contributed by atoms with E-state index in [-0.39, 0.29) is 6.67 Å². The maximum Gasteiger partial charge on any atom is 0.102 e. The van der Waals surface area contributed by atoms with Crippen LogP contribution in [0.1, 0.15) is 19.4 Å². The third-order valence-corrected chi connectivity index (χ3v) is 4.01. The molecule has 1 aromatic rings. The molecule has 2 nitrogen and oxygen atoms in total. The minimum absolute atomic E-state index is 0.249. The standard InChI is InChI=1S/C16H25FN2/c1-13(2)16-11-18-15(12-19(16)9-8-17)10-14-6-4-3-5-7-14/h3-7,13,15-16,18H,8-12H2,1-2H3. The van der Waals surface area contributed by atoms with Gasteiger partial charge < -0.3 is 5.32 Å². The van der Waals surface area contributed by atoms with Crippen LogP contribution < -0.4 is 5.32 Å². The Bertz CT molecular complexity index is 366. The van der Waals surface area contributed by atoms with Crippen molar-refractivity contribution in [1.82, 2.24) is 10.2 Å². The molecule has 3 heteroatoms. The first-order valence-electron chi connectivity index (χ1n) is 7.28. The van der Waals surface area contributed by atoms with Crippen molar-refractivity contribution >= 4 is 0 Å². The van der Waals surface area contributed by atoms with E-state index in [9.17, 15) is 4.39 Å². The van der Waals surface area contributed by atoms with Crippen LogP contribution in [0.15, 0.2) is 30.3 Å². The van der Waals surface area contributed by atoms with Crippen LogP contribution in [-0.4, -0.2) is 43.3 Å². The zero-order valence-corrected chi connectivity index (χ0v) is 12.0. The highest BCUT2D eigenvalue weighted by molar-refractivity contribution is 5.16. The van der Waals surface area contributed by atoms with Crippen molar-refractivity contribution in [2.24, 2.45) is 5.92 Å². The van der Waals surface area contributed by atoms with Crippen molar-refractivity contribution in [3.05, 3.63) is 35.9 Å². The number of alkyl halides is 1. The van der Waals surface area contributed by atoms with Crippen LogP contribution in [0, 0.1) is 5.92 Å². The highest BCUT2D eigenvalue weighted by Crippen LogP contribution is 2.17. The van der Waals surface area contributed by atoms with Crippen molar-refractivity contribution in [1.29, 1.82) is 0 Å². The lowest BCUT2D eigenvalue weighted by molar-refractivity contribution is 0.0915. The van der Waals surface area contributed by atoms with Crippen molar-refractivity contribution in [2.45, 2.75) is 32.4 Å². The molecular weight excluding hydrogens is 239 g/mol. The van der Waals surface area contributed by atoms with Crippen LogP contribution in [-0.2, 0) is 6.42 Å². The lowest BCUT2D eigenvalue weighted by Gasteiger charge is -2.42. The maximum atomic E-state index is 12.7. The van der Waals surface area contributed by atoms with Gasteiger partial charge in [0, 0.05) is 31.7 Å². The molecule has 106 valence electrons. The van der Waals surface area contributed by atoms with Crippen molar-refractivity contribution in [2.75, 3.05) is 26.3 Å². The molecule has 1 heterocycles. The largest absolute Gasteiger partial charge is 0.311 e. The first-order chi connectivity index (χ1) is 9.20. The van der Waals surface area contributed by atoms with Gasteiger partial charge in [-0.3, -0.25) is 4.90 Å². The normalized spacial score (nSPS) is 24.8. The van der Waals surface area contributed by atoms with E-state index in [1.54, 1.807) is 0 Å². The van der Waals surface area contributed by atoms with Crippen LogP contribution in [0.3, 0.4) is 0 Å². The van der Waals surface area contributed by atoms with E-state index in [1.807, 2.05) is 6.07 Å². The molecule has 0 aliphatic carbocycles. The first kappa shape index (κ1) is 14.5. The summed E-state index contributed by atoms with van der Waals surface area (Å²) in [6.07, 6.45) is 1.02. The van der Waals surface area contributed by atoms with Crippen LogP contribution in [0.4, 0.5) is 4.39 Å². The van der Waals surface area contributed by atoms with Crippen molar-refractivity contribution < 1.29 is 4.39 Å². The average molecular weight is 264 g/mol. The number of nitrogens with one attached hydrogen (secondary N) is 1. The SMILES string of the molecule is CC(C)C1CNC(Cc2ccccc2)CN1CCF. The molecule has 2 unspecified atom stereocenters. The molecule has 1 saturated heterocycles. The molecule has 2 atom stereocenters. The summed E-state index contributed by atoms with van der Waals surface area (Å²) in [6, 6.07) is 11.4. The van der Waals surface area contributed by atoms with Gasteiger partial charge in [0.15, 0.2) is 0 Å². The highest BCUT2D eigenvalue weighted by atomic mass is 19.1. The molecule has 0 saturated carbocycles. The molecule has 0 bridgehead atoms. The number of hydrogen-bond acceptors (Lipinski definition) is 2. The Balaban J connectivity index is 1.94. The van der Waals surface area contributed by atoms with Gasteiger partial charge in [-0.1, -0.05) is 44.2 Å². The second-order valence-corrected chi connectivity index (χ2v) is 5.79. The number of piperazine rings is 1. The van der Waals surface area contributed by atoms with Gasteiger partial charge in [-0.2, -0.15) is 0 Å². The molecule has 0 aromatic heterocycles. The molecule has 1 N–H and O–H groups in total.